The van der Waals surface area contributed by atoms with Gasteiger partial charge in [0.25, 0.3) is 0 Å². The third-order valence-corrected chi connectivity index (χ3v) is 3.39. The van der Waals surface area contributed by atoms with Crippen molar-refractivity contribution in [2.75, 3.05) is 13.3 Å². The van der Waals surface area contributed by atoms with Crippen molar-refractivity contribution in [1.82, 2.24) is 5.32 Å². The van der Waals surface area contributed by atoms with Crippen LogP contribution in [0.4, 0.5) is 4.39 Å². The minimum atomic E-state index is -0.208. The second kappa shape index (κ2) is 4.63. The number of halogens is 1. The lowest BCUT2D eigenvalue weighted by Crippen LogP contribution is -2.28. The molecule has 2 heterocycles. The zero-order valence-electron chi connectivity index (χ0n) is 9.67. The SMILES string of the molecule is Fc1cc2c(c(C3CCCCN3)c1)OCOC2. The molecular weight excluding hydrogens is 221 g/mol. The Morgan fingerprint density at radius 3 is 3.06 bits per heavy atom. The van der Waals surface area contributed by atoms with E-state index in [-0.39, 0.29) is 18.7 Å². The van der Waals surface area contributed by atoms with Crippen molar-refractivity contribution >= 4 is 0 Å². The average molecular weight is 237 g/mol. The second-order valence-electron chi connectivity index (χ2n) is 4.60. The van der Waals surface area contributed by atoms with E-state index in [0.717, 1.165) is 29.8 Å². The summed E-state index contributed by atoms with van der Waals surface area (Å²) in [5.41, 5.74) is 1.77. The molecule has 0 amide bonds. The lowest BCUT2D eigenvalue weighted by molar-refractivity contribution is -0.0177. The fourth-order valence-corrected chi connectivity index (χ4v) is 2.58. The molecule has 2 aliphatic rings. The van der Waals surface area contributed by atoms with Crippen molar-refractivity contribution in [3.8, 4) is 5.75 Å². The van der Waals surface area contributed by atoms with Gasteiger partial charge in [-0.25, -0.2) is 4.39 Å². The molecule has 17 heavy (non-hydrogen) atoms. The van der Waals surface area contributed by atoms with Crippen LogP contribution in [0.3, 0.4) is 0 Å². The van der Waals surface area contributed by atoms with Crippen LogP contribution < -0.4 is 10.1 Å². The number of hydrogen-bond acceptors (Lipinski definition) is 3. The van der Waals surface area contributed by atoms with Crippen LogP contribution in [0.2, 0.25) is 0 Å². The Kier molecular flexibility index (Phi) is 2.99. The maximum Gasteiger partial charge on any atom is 0.189 e. The summed E-state index contributed by atoms with van der Waals surface area (Å²) in [6.45, 7) is 1.69. The van der Waals surface area contributed by atoms with Crippen LogP contribution in [-0.4, -0.2) is 13.3 Å². The smallest absolute Gasteiger partial charge is 0.189 e. The highest BCUT2D eigenvalue weighted by Gasteiger charge is 2.23. The van der Waals surface area contributed by atoms with Gasteiger partial charge in [-0.3, -0.25) is 0 Å². The number of nitrogens with one attached hydrogen (secondary N) is 1. The van der Waals surface area contributed by atoms with E-state index in [9.17, 15) is 4.39 Å². The van der Waals surface area contributed by atoms with Gasteiger partial charge < -0.3 is 14.8 Å². The lowest BCUT2D eigenvalue weighted by Gasteiger charge is -2.28. The van der Waals surface area contributed by atoms with Gasteiger partial charge in [-0.1, -0.05) is 6.42 Å². The fourth-order valence-electron chi connectivity index (χ4n) is 2.58. The Morgan fingerprint density at radius 1 is 1.29 bits per heavy atom. The Bertz CT molecular complexity index is 416. The molecule has 2 aliphatic heterocycles. The minimum absolute atomic E-state index is 0.208. The van der Waals surface area contributed by atoms with Gasteiger partial charge in [0.2, 0.25) is 0 Å². The first-order chi connectivity index (χ1) is 8.34. The molecular formula is C13H16FNO2. The Balaban J connectivity index is 1.98. The predicted octanol–water partition coefficient (Wildman–Crippen LogP) is 2.51. The van der Waals surface area contributed by atoms with E-state index >= 15 is 0 Å². The summed E-state index contributed by atoms with van der Waals surface area (Å²) in [5.74, 6) is 0.609. The van der Waals surface area contributed by atoms with Crippen molar-refractivity contribution in [1.29, 1.82) is 0 Å². The number of piperidine rings is 1. The third kappa shape index (κ3) is 2.15. The summed E-state index contributed by atoms with van der Waals surface area (Å²) >= 11 is 0. The fraction of sp³-hybridized carbons (Fsp3) is 0.538. The zero-order chi connectivity index (χ0) is 11.7. The molecule has 0 spiro atoms. The zero-order valence-corrected chi connectivity index (χ0v) is 9.67. The van der Waals surface area contributed by atoms with Gasteiger partial charge in [-0.2, -0.15) is 0 Å². The molecule has 0 bridgehead atoms. The van der Waals surface area contributed by atoms with Gasteiger partial charge in [-0.05, 0) is 31.5 Å². The summed E-state index contributed by atoms with van der Waals surface area (Å²) < 4.78 is 24.3. The Labute approximate surface area is 99.9 Å². The molecule has 1 aromatic rings. The molecule has 92 valence electrons. The molecule has 1 fully saturated rings. The van der Waals surface area contributed by atoms with E-state index in [1.807, 2.05) is 0 Å². The molecule has 0 aromatic heterocycles. The van der Waals surface area contributed by atoms with Crippen molar-refractivity contribution < 1.29 is 13.9 Å². The van der Waals surface area contributed by atoms with Crippen LogP contribution in [-0.2, 0) is 11.3 Å². The maximum atomic E-state index is 13.6. The third-order valence-electron chi connectivity index (χ3n) is 3.39. The predicted molar refractivity (Wildman–Crippen MR) is 61.3 cm³/mol. The highest BCUT2D eigenvalue weighted by Crippen LogP contribution is 2.36. The average Bonchev–Trinajstić information content (AvgIpc) is 2.39. The topological polar surface area (TPSA) is 30.5 Å². The highest BCUT2D eigenvalue weighted by molar-refractivity contribution is 5.44. The van der Waals surface area contributed by atoms with Crippen molar-refractivity contribution in [2.24, 2.45) is 0 Å². The van der Waals surface area contributed by atoms with Gasteiger partial charge >= 0.3 is 0 Å². The molecule has 1 atom stereocenters. The molecule has 0 radical (unpaired) electrons. The lowest BCUT2D eigenvalue weighted by atomic mass is 9.94. The first-order valence-electron chi connectivity index (χ1n) is 6.11. The number of benzene rings is 1. The monoisotopic (exact) mass is 237 g/mol. The molecule has 1 N–H and O–H groups in total. The Morgan fingerprint density at radius 2 is 2.24 bits per heavy atom. The molecule has 3 nitrogen and oxygen atoms in total. The molecule has 4 heteroatoms. The van der Waals surface area contributed by atoms with Gasteiger partial charge in [0.1, 0.15) is 11.6 Å². The van der Waals surface area contributed by atoms with E-state index in [1.54, 1.807) is 6.07 Å². The quantitative estimate of drug-likeness (QED) is 0.814. The van der Waals surface area contributed by atoms with E-state index in [1.165, 1.54) is 18.9 Å². The van der Waals surface area contributed by atoms with Crippen LogP contribution in [0.1, 0.15) is 36.4 Å². The number of fused-ring (bicyclic) bond motifs is 1. The second-order valence-corrected chi connectivity index (χ2v) is 4.60. The maximum absolute atomic E-state index is 13.6. The summed E-state index contributed by atoms with van der Waals surface area (Å²) in [6.07, 6.45) is 3.41. The van der Waals surface area contributed by atoms with Gasteiger partial charge in [-0.15, -0.1) is 0 Å². The van der Waals surface area contributed by atoms with Crippen LogP contribution in [0, 0.1) is 5.82 Å². The summed E-state index contributed by atoms with van der Waals surface area (Å²) in [7, 11) is 0. The first kappa shape index (κ1) is 11.0. The van der Waals surface area contributed by atoms with E-state index in [4.69, 9.17) is 9.47 Å². The number of hydrogen-bond donors (Lipinski definition) is 1. The minimum Gasteiger partial charge on any atom is -0.467 e. The van der Waals surface area contributed by atoms with Crippen molar-refractivity contribution in [2.45, 2.75) is 31.9 Å². The molecule has 1 aromatic carbocycles. The van der Waals surface area contributed by atoms with Crippen LogP contribution in [0.5, 0.6) is 5.75 Å². The summed E-state index contributed by atoms with van der Waals surface area (Å²) in [6, 6.07) is 3.31. The highest BCUT2D eigenvalue weighted by atomic mass is 19.1. The van der Waals surface area contributed by atoms with Crippen molar-refractivity contribution in [3.63, 3.8) is 0 Å². The largest absolute Gasteiger partial charge is 0.467 e. The summed E-state index contributed by atoms with van der Waals surface area (Å²) in [4.78, 5) is 0. The Hall–Kier alpha value is -1.13. The van der Waals surface area contributed by atoms with E-state index in [2.05, 4.69) is 5.32 Å². The first-order valence-corrected chi connectivity index (χ1v) is 6.11. The summed E-state index contributed by atoms with van der Waals surface area (Å²) in [5, 5.41) is 3.43. The molecule has 3 rings (SSSR count). The molecule has 0 aliphatic carbocycles. The van der Waals surface area contributed by atoms with Crippen molar-refractivity contribution in [3.05, 3.63) is 29.1 Å². The standard InChI is InChI=1S/C13H16FNO2/c14-10-5-9-7-16-8-17-13(9)11(6-10)12-3-1-2-4-15-12/h5-6,12,15H,1-4,7-8H2. The molecule has 0 saturated carbocycles. The van der Waals surface area contributed by atoms with Crippen LogP contribution in [0.15, 0.2) is 12.1 Å². The van der Waals surface area contributed by atoms with E-state index in [0.29, 0.717) is 6.61 Å². The number of rotatable bonds is 1. The van der Waals surface area contributed by atoms with Gasteiger partial charge in [0.05, 0.1) is 6.61 Å². The van der Waals surface area contributed by atoms with Crippen LogP contribution in [0.25, 0.3) is 0 Å². The van der Waals surface area contributed by atoms with Gasteiger partial charge in [0.15, 0.2) is 6.79 Å². The molecule has 1 unspecified atom stereocenters. The normalized spacial score (nSPS) is 23.9. The molecule has 1 saturated heterocycles. The van der Waals surface area contributed by atoms with E-state index < -0.39 is 0 Å². The van der Waals surface area contributed by atoms with Gasteiger partial charge in [0, 0.05) is 17.2 Å². The van der Waals surface area contributed by atoms with Crippen LogP contribution >= 0.6 is 0 Å². The number of ether oxygens (including phenoxy) is 2.